The molecule has 3 heterocycles. The first-order chi connectivity index (χ1) is 12.6. The third kappa shape index (κ3) is 3.31. The van der Waals surface area contributed by atoms with Crippen LogP contribution in [0.3, 0.4) is 0 Å². The van der Waals surface area contributed by atoms with Gasteiger partial charge in [0.2, 0.25) is 5.95 Å². The maximum atomic E-state index is 11.6. The van der Waals surface area contributed by atoms with Crippen LogP contribution >= 0.6 is 0 Å². The summed E-state index contributed by atoms with van der Waals surface area (Å²) in [6.45, 7) is 5.29. The van der Waals surface area contributed by atoms with Gasteiger partial charge in [0.15, 0.2) is 5.78 Å². The highest BCUT2D eigenvalue weighted by Crippen LogP contribution is 2.24. The predicted molar refractivity (Wildman–Crippen MR) is 102 cm³/mol. The van der Waals surface area contributed by atoms with Crippen molar-refractivity contribution in [2.24, 2.45) is 5.92 Å². The molecule has 0 spiro atoms. The van der Waals surface area contributed by atoms with Crippen LogP contribution in [0.1, 0.15) is 41.6 Å². The molecule has 26 heavy (non-hydrogen) atoms. The molecule has 1 aliphatic rings. The number of H-pyrrole nitrogens is 1. The lowest BCUT2D eigenvalue weighted by atomic mass is 9.95. The normalized spacial score (nSPS) is 17.6. The van der Waals surface area contributed by atoms with E-state index in [2.05, 4.69) is 25.9 Å². The minimum absolute atomic E-state index is 0.00968. The molecule has 2 aromatic heterocycles. The monoisotopic (exact) mass is 349 g/mol. The fraction of sp³-hybridized carbons (Fsp3) is 0.400. The van der Waals surface area contributed by atoms with Crippen LogP contribution in [-0.4, -0.2) is 38.8 Å². The summed E-state index contributed by atoms with van der Waals surface area (Å²) in [6, 6.07) is 8.14. The summed E-state index contributed by atoms with van der Waals surface area (Å²) in [5, 5.41) is 0. The number of benzene rings is 1. The van der Waals surface area contributed by atoms with Gasteiger partial charge in [-0.05, 0) is 44.7 Å². The smallest absolute Gasteiger partial charge is 0.225 e. The number of nitrogens with one attached hydrogen (secondary N) is 1. The van der Waals surface area contributed by atoms with Crippen molar-refractivity contribution in [3.8, 4) is 0 Å². The number of aryl methyl sites for hydroxylation is 1. The van der Waals surface area contributed by atoms with E-state index in [-0.39, 0.29) is 5.78 Å². The van der Waals surface area contributed by atoms with Crippen molar-refractivity contribution < 1.29 is 4.79 Å². The van der Waals surface area contributed by atoms with Crippen LogP contribution in [0.25, 0.3) is 11.0 Å². The van der Waals surface area contributed by atoms with Crippen LogP contribution in [0.4, 0.5) is 5.95 Å². The summed E-state index contributed by atoms with van der Waals surface area (Å²) in [6.07, 6.45) is 4.87. The number of carbonyl (C=O) groups is 1. The SMILES string of the molecule is CC(=O)c1cnc(N2CCC[C@@H](Cc3nc4ccccc4[nH]3)C2)nc1C. The van der Waals surface area contributed by atoms with Gasteiger partial charge >= 0.3 is 0 Å². The van der Waals surface area contributed by atoms with E-state index in [1.165, 1.54) is 6.42 Å². The number of rotatable bonds is 4. The Morgan fingerprint density at radius 2 is 2.15 bits per heavy atom. The molecule has 6 nitrogen and oxygen atoms in total. The van der Waals surface area contributed by atoms with Gasteiger partial charge < -0.3 is 9.88 Å². The summed E-state index contributed by atoms with van der Waals surface area (Å²) in [5.74, 6) is 2.29. The molecule has 1 aromatic carbocycles. The average molecular weight is 349 g/mol. The lowest BCUT2D eigenvalue weighted by Gasteiger charge is -2.32. The number of hydrogen-bond donors (Lipinski definition) is 1. The second-order valence-corrected chi connectivity index (χ2v) is 7.08. The zero-order valence-electron chi connectivity index (χ0n) is 15.2. The molecule has 0 amide bonds. The fourth-order valence-corrected chi connectivity index (χ4v) is 3.74. The maximum absolute atomic E-state index is 11.6. The van der Waals surface area contributed by atoms with E-state index >= 15 is 0 Å². The van der Waals surface area contributed by atoms with Gasteiger partial charge in [0.25, 0.3) is 0 Å². The number of fused-ring (bicyclic) bond motifs is 1. The average Bonchev–Trinajstić information content (AvgIpc) is 3.03. The first kappa shape index (κ1) is 16.7. The third-order valence-corrected chi connectivity index (χ3v) is 5.07. The van der Waals surface area contributed by atoms with Gasteiger partial charge in [-0.15, -0.1) is 0 Å². The van der Waals surface area contributed by atoms with E-state index in [1.54, 1.807) is 13.1 Å². The van der Waals surface area contributed by atoms with Gasteiger partial charge in [0, 0.05) is 25.7 Å². The summed E-state index contributed by atoms with van der Waals surface area (Å²) < 4.78 is 0. The molecular formula is C20H23N5O. The Labute approximate surface area is 152 Å². The van der Waals surface area contributed by atoms with Gasteiger partial charge in [0.1, 0.15) is 5.82 Å². The number of carbonyl (C=O) groups excluding carboxylic acids is 1. The molecule has 1 saturated heterocycles. The Balaban J connectivity index is 1.48. The van der Waals surface area contributed by atoms with Crippen molar-refractivity contribution in [1.29, 1.82) is 0 Å². The second-order valence-electron chi connectivity index (χ2n) is 7.08. The van der Waals surface area contributed by atoms with E-state index in [4.69, 9.17) is 4.98 Å². The minimum atomic E-state index is 0.00968. The fourth-order valence-electron chi connectivity index (χ4n) is 3.74. The van der Waals surface area contributed by atoms with Crippen LogP contribution in [-0.2, 0) is 6.42 Å². The minimum Gasteiger partial charge on any atom is -0.342 e. The molecule has 0 saturated carbocycles. The number of hydrogen-bond acceptors (Lipinski definition) is 5. The Morgan fingerprint density at radius 1 is 1.31 bits per heavy atom. The van der Waals surface area contributed by atoms with E-state index in [0.717, 1.165) is 54.4 Å². The number of para-hydroxylation sites is 2. The number of imidazole rings is 1. The molecule has 0 aliphatic carbocycles. The van der Waals surface area contributed by atoms with Crippen molar-refractivity contribution in [3.63, 3.8) is 0 Å². The lowest BCUT2D eigenvalue weighted by molar-refractivity contribution is 0.101. The molecular weight excluding hydrogens is 326 g/mol. The van der Waals surface area contributed by atoms with E-state index in [9.17, 15) is 4.79 Å². The van der Waals surface area contributed by atoms with Crippen LogP contribution in [0, 0.1) is 12.8 Å². The van der Waals surface area contributed by atoms with E-state index in [0.29, 0.717) is 11.5 Å². The van der Waals surface area contributed by atoms with Crippen molar-refractivity contribution in [3.05, 3.63) is 47.5 Å². The van der Waals surface area contributed by atoms with Crippen molar-refractivity contribution in [1.82, 2.24) is 19.9 Å². The van der Waals surface area contributed by atoms with Crippen LogP contribution in [0.5, 0.6) is 0 Å². The van der Waals surface area contributed by atoms with Gasteiger partial charge in [-0.2, -0.15) is 0 Å². The maximum Gasteiger partial charge on any atom is 0.225 e. The summed E-state index contributed by atoms with van der Waals surface area (Å²) in [5.41, 5.74) is 3.47. The Bertz CT molecular complexity index is 915. The van der Waals surface area contributed by atoms with Crippen LogP contribution in [0.15, 0.2) is 30.5 Å². The topological polar surface area (TPSA) is 74.8 Å². The molecule has 1 aliphatic heterocycles. The van der Waals surface area contributed by atoms with Crippen LogP contribution < -0.4 is 4.90 Å². The Morgan fingerprint density at radius 3 is 2.92 bits per heavy atom. The summed E-state index contributed by atoms with van der Waals surface area (Å²) >= 11 is 0. The zero-order chi connectivity index (χ0) is 18.1. The predicted octanol–water partition coefficient (Wildman–Crippen LogP) is 3.32. The molecule has 4 rings (SSSR count). The number of aromatic amines is 1. The van der Waals surface area contributed by atoms with E-state index in [1.807, 2.05) is 25.1 Å². The number of aromatic nitrogens is 4. The third-order valence-electron chi connectivity index (χ3n) is 5.07. The molecule has 1 N–H and O–H groups in total. The number of anilines is 1. The summed E-state index contributed by atoms with van der Waals surface area (Å²) in [4.78, 5) is 30.9. The van der Waals surface area contributed by atoms with Crippen molar-refractivity contribution in [2.75, 3.05) is 18.0 Å². The Hall–Kier alpha value is -2.76. The first-order valence-corrected chi connectivity index (χ1v) is 9.13. The first-order valence-electron chi connectivity index (χ1n) is 9.13. The van der Waals surface area contributed by atoms with E-state index < -0.39 is 0 Å². The number of nitrogens with zero attached hydrogens (tertiary/aromatic N) is 4. The molecule has 0 unspecified atom stereocenters. The number of ketones is 1. The molecule has 3 aromatic rings. The van der Waals surface area contributed by atoms with Gasteiger partial charge in [0.05, 0.1) is 22.3 Å². The highest BCUT2D eigenvalue weighted by atomic mass is 16.1. The van der Waals surface area contributed by atoms with Gasteiger partial charge in [-0.1, -0.05) is 12.1 Å². The number of Topliss-reactive ketones (excluding diaryl/α,β-unsaturated/α-hetero) is 1. The highest BCUT2D eigenvalue weighted by Gasteiger charge is 2.23. The quantitative estimate of drug-likeness (QED) is 0.731. The van der Waals surface area contributed by atoms with Crippen LogP contribution in [0.2, 0.25) is 0 Å². The molecule has 134 valence electrons. The lowest BCUT2D eigenvalue weighted by Crippen LogP contribution is -2.37. The second kappa shape index (κ2) is 6.86. The standard InChI is InChI=1S/C20H23N5O/c1-13-16(14(2)26)11-21-20(22-13)25-9-5-6-15(12-25)10-19-23-17-7-3-4-8-18(17)24-19/h3-4,7-8,11,15H,5-6,9-10,12H2,1-2H3,(H,23,24)/t15-/m0/s1. The Kier molecular flexibility index (Phi) is 4.41. The number of piperidine rings is 1. The molecule has 1 fully saturated rings. The molecule has 0 bridgehead atoms. The largest absolute Gasteiger partial charge is 0.342 e. The van der Waals surface area contributed by atoms with Gasteiger partial charge in [-0.25, -0.2) is 15.0 Å². The zero-order valence-corrected chi connectivity index (χ0v) is 15.2. The van der Waals surface area contributed by atoms with Gasteiger partial charge in [-0.3, -0.25) is 4.79 Å². The molecule has 6 heteroatoms. The van der Waals surface area contributed by atoms with Crippen molar-refractivity contribution >= 4 is 22.8 Å². The van der Waals surface area contributed by atoms with Crippen molar-refractivity contribution in [2.45, 2.75) is 33.1 Å². The highest BCUT2D eigenvalue weighted by molar-refractivity contribution is 5.94. The molecule has 1 atom stereocenters. The molecule has 0 radical (unpaired) electrons. The summed E-state index contributed by atoms with van der Waals surface area (Å²) in [7, 11) is 0.